The molecular formula is C21H26O5. The summed E-state index contributed by atoms with van der Waals surface area (Å²) in [6.07, 6.45) is 7.82. The molecule has 6 atom stereocenters. The van der Waals surface area contributed by atoms with Crippen LogP contribution in [0.3, 0.4) is 0 Å². The molecule has 0 heterocycles. The molecule has 0 aromatic rings. The van der Waals surface area contributed by atoms with Gasteiger partial charge in [0.2, 0.25) is 0 Å². The molecule has 0 saturated heterocycles. The minimum Gasteiger partial charge on any atom is -0.388 e. The molecule has 26 heavy (non-hydrogen) atoms. The van der Waals surface area contributed by atoms with Crippen molar-refractivity contribution in [2.24, 2.45) is 28.6 Å². The van der Waals surface area contributed by atoms with Gasteiger partial charge in [0.1, 0.15) is 18.0 Å². The number of aliphatic hydroxyl groups excluding tert-OH is 1. The van der Waals surface area contributed by atoms with Gasteiger partial charge in [0, 0.05) is 23.2 Å². The summed E-state index contributed by atoms with van der Waals surface area (Å²) in [4.78, 5) is 37.4. The fourth-order valence-electron chi connectivity index (χ4n) is 6.62. The highest BCUT2D eigenvalue weighted by Crippen LogP contribution is 2.66. The fraction of sp³-hybridized carbons (Fsp3) is 0.667. The van der Waals surface area contributed by atoms with Crippen LogP contribution in [-0.4, -0.2) is 39.8 Å². The minimum atomic E-state index is -1.62. The minimum absolute atomic E-state index is 0.0206. The Bertz CT molecular complexity index is 764. The standard InChI is InChI=1S/C21H26O5/c1-19-7-5-13(23)9-12(19)3-4-14-15-6-8-21(26,17(25)11-22)20(15,2)10-16(24)18(14)19/h5,7,9,14-15,18,22,26H,3-4,6,8,10-11H2,1-2H3/t14-,15?,18?,19-,20-,21?/m0/s1. The fourth-order valence-corrected chi connectivity index (χ4v) is 6.62. The molecule has 140 valence electrons. The molecule has 4 aliphatic rings. The van der Waals surface area contributed by atoms with E-state index in [2.05, 4.69) is 0 Å². The predicted octanol–water partition coefficient (Wildman–Crippen LogP) is 1.77. The van der Waals surface area contributed by atoms with E-state index in [0.717, 1.165) is 18.4 Å². The highest BCUT2D eigenvalue weighted by Gasteiger charge is 2.68. The number of ketones is 3. The lowest BCUT2D eigenvalue weighted by Gasteiger charge is -2.56. The Morgan fingerprint density at radius 3 is 2.69 bits per heavy atom. The molecule has 0 amide bonds. The van der Waals surface area contributed by atoms with E-state index in [-0.39, 0.29) is 35.7 Å². The van der Waals surface area contributed by atoms with Gasteiger partial charge < -0.3 is 10.2 Å². The Kier molecular flexibility index (Phi) is 3.74. The molecule has 2 N–H and O–H groups in total. The molecule has 0 aromatic carbocycles. The normalized spacial score (nSPS) is 47.1. The van der Waals surface area contributed by atoms with Gasteiger partial charge in [-0.3, -0.25) is 14.4 Å². The van der Waals surface area contributed by atoms with Crippen molar-refractivity contribution in [1.82, 2.24) is 0 Å². The highest BCUT2D eigenvalue weighted by molar-refractivity contribution is 6.02. The summed E-state index contributed by atoms with van der Waals surface area (Å²) in [7, 11) is 0. The Labute approximate surface area is 153 Å². The molecule has 0 radical (unpaired) electrons. The van der Waals surface area contributed by atoms with E-state index in [1.807, 2.05) is 19.9 Å². The smallest absolute Gasteiger partial charge is 0.190 e. The zero-order valence-electron chi connectivity index (χ0n) is 15.3. The third kappa shape index (κ3) is 2.01. The molecule has 4 aliphatic carbocycles. The SMILES string of the molecule is C[C@]12C=CC(=O)C=C1CC[C@@H]1C2C(=O)C[C@@]2(C)C1CCC2(O)C(=O)CO. The van der Waals surface area contributed by atoms with Gasteiger partial charge in [0.25, 0.3) is 0 Å². The first kappa shape index (κ1) is 17.8. The Hall–Kier alpha value is -1.59. The number of aliphatic hydroxyl groups is 2. The Morgan fingerprint density at radius 2 is 2.00 bits per heavy atom. The van der Waals surface area contributed by atoms with Crippen molar-refractivity contribution in [3.63, 3.8) is 0 Å². The van der Waals surface area contributed by atoms with Crippen LogP contribution in [0, 0.1) is 28.6 Å². The van der Waals surface area contributed by atoms with Gasteiger partial charge >= 0.3 is 0 Å². The molecule has 3 unspecified atom stereocenters. The van der Waals surface area contributed by atoms with Gasteiger partial charge in [-0.2, -0.15) is 0 Å². The number of hydrogen-bond donors (Lipinski definition) is 2. The lowest BCUT2D eigenvalue weighted by atomic mass is 9.46. The molecule has 0 aromatic heterocycles. The van der Waals surface area contributed by atoms with E-state index < -0.39 is 28.8 Å². The average molecular weight is 358 g/mol. The van der Waals surface area contributed by atoms with Crippen LogP contribution >= 0.6 is 0 Å². The molecule has 4 rings (SSSR count). The molecular weight excluding hydrogens is 332 g/mol. The highest BCUT2D eigenvalue weighted by atomic mass is 16.3. The number of hydrogen-bond acceptors (Lipinski definition) is 5. The van der Waals surface area contributed by atoms with Gasteiger partial charge in [-0.15, -0.1) is 0 Å². The van der Waals surface area contributed by atoms with Crippen molar-refractivity contribution in [3.8, 4) is 0 Å². The number of allylic oxidation sites excluding steroid dienone is 4. The first-order chi connectivity index (χ1) is 12.2. The monoisotopic (exact) mass is 358 g/mol. The number of fused-ring (bicyclic) bond motifs is 5. The molecule has 5 heteroatoms. The van der Waals surface area contributed by atoms with E-state index in [0.29, 0.717) is 12.8 Å². The summed E-state index contributed by atoms with van der Waals surface area (Å²) in [6.45, 7) is 3.19. The van der Waals surface area contributed by atoms with E-state index in [4.69, 9.17) is 0 Å². The first-order valence-corrected chi connectivity index (χ1v) is 9.51. The number of carbonyl (C=O) groups excluding carboxylic acids is 3. The lowest BCUT2D eigenvalue weighted by Crippen LogP contribution is -2.60. The first-order valence-electron chi connectivity index (χ1n) is 9.51. The summed E-state index contributed by atoms with van der Waals surface area (Å²) < 4.78 is 0. The van der Waals surface area contributed by atoms with Crippen molar-refractivity contribution >= 4 is 17.3 Å². The summed E-state index contributed by atoms with van der Waals surface area (Å²) in [5.74, 6) is -0.590. The number of rotatable bonds is 2. The quantitative estimate of drug-likeness (QED) is 0.785. The van der Waals surface area contributed by atoms with Gasteiger partial charge in [-0.1, -0.05) is 25.5 Å². The Balaban J connectivity index is 1.76. The van der Waals surface area contributed by atoms with Crippen LogP contribution in [0.15, 0.2) is 23.8 Å². The zero-order chi connectivity index (χ0) is 18.9. The van der Waals surface area contributed by atoms with Crippen molar-refractivity contribution in [3.05, 3.63) is 23.8 Å². The largest absolute Gasteiger partial charge is 0.388 e. The van der Waals surface area contributed by atoms with Crippen molar-refractivity contribution < 1.29 is 24.6 Å². The average Bonchev–Trinajstić information content (AvgIpc) is 2.86. The molecule has 3 fully saturated rings. The molecule has 5 nitrogen and oxygen atoms in total. The number of Topliss-reactive ketones (excluding diaryl/α,β-unsaturated/α-hetero) is 2. The van der Waals surface area contributed by atoms with E-state index >= 15 is 0 Å². The molecule has 3 saturated carbocycles. The third-order valence-electron chi connectivity index (χ3n) is 8.01. The van der Waals surface area contributed by atoms with Crippen LogP contribution < -0.4 is 0 Å². The lowest BCUT2D eigenvalue weighted by molar-refractivity contribution is -0.168. The zero-order valence-corrected chi connectivity index (χ0v) is 15.3. The van der Waals surface area contributed by atoms with E-state index in [1.165, 1.54) is 0 Å². The predicted molar refractivity (Wildman–Crippen MR) is 94.0 cm³/mol. The molecule has 0 aliphatic heterocycles. The third-order valence-corrected chi connectivity index (χ3v) is 8.01. The van der Waals surface area contributed by atoms with Crippen LogP contribution in [0.1, 0.15) is 46.0 Å². The van der Waals surface area contributed by atoms with E-state index in [1.54, 1.807) is 12.2 Å². The van der Waals surface area contributed by atoms with Gasteiger partial charge in [0.05, 0.1) is 0 Å². The van der Waals surface area contributed by atoms with Crippen LogP contribution in [0.5, 0.6) is 0 Å². The second kappa shape index (κ2) is 5.46. The van der Waals surface area contributed by atoms with Gasteiger partial charge in [-0.05, 0) is 49.7 Å². The summed E-state index contributed by atoms with van der Waals surface area (Å²) in [5.41, 5.74) is -1.86. The van der Waals surface area contributed by atoms with Crippen LogP contribution in [0.4, 0.5) is 0 Å². The van der Waals surface area contributed by atoms with Crippen LogP contribution in [0.25, 0.3) is 0 Å². The summed E-state index contributed by atoms with van der Waals surface area (Å²) in [5, 5.41) is 20.5. The second-order valence-corrected chi connectivity index (χ2v) is 9.02. The molecule has 0 bridgehead atoms. The van der Waals surface area contributed by atoms with Crippen LogP contribution in [0.2, 0.25) is 0 Å². The summed E-state index contributed by atoms with van der Waals surface area (Å²) in [6, 6.07) is 0. The maximum atomic E-state index is 13.3. The van der Waals surface area contributed by atoms with Crippen molar-refractivity contribution in [2.75, 3.05) is 6.61 Å². The number of carbonyl (C=O) groups is 3. The van der Waals surface area contributed by atoms with Gasteiger partial charge in [-0.25, -0.2) is 0 Å². The second-order valence-electron chi connectivity index (χ2n) is 9.02. The Morgan fingerprint density at radius 1 is 1.27 bits per heavy atom. The van der Waals surface area contributed by atoms with Crippen molar-refractivity contribution in [2.45, 2.75) is 51.6 Å². The summed E-state index contributed by atoms with van der Waals surface area (Å²) >= 11 is 0. The van der Waals surface area contributed by atoms with Gasteiger partial charge in [0.15, 0.2) is 11.6 Å². The maximum Gasteiger partial charge on any atom is 0.190 e. The van der Waals surface area contributed by atoms with E-state index in [9.17, 15) is 24.6 Å². The topological polar surface area (TPSA) is 91.7 Å². The molecule has 0 spiro atoms. The van der Waals surface area contributed by atoms with Crippen LogP contribution in [-0.2, 0) is 14.4 Å². The maximum absolute atomic E-state index is 13.3. The van der Waals surface area contributed by atoms with Crippen molar-refractivity contribution in [1.29, 1.82) is 0 Å².